The highest BCUT2D eigenvalue weighted by molar-refractivity contribution is 5.88. The second-order valence-corrected chi connectivity index (χ2v) is 5.20. The molecule has 3 rings (SSSR count). The van der Waals surface area contributed by atoms with Crippen molar-refractivity contribution in [3.63, 3.8) is 0 Å². The van der Waals surface area contributed by atoms with Crippen LogP contribution >= 0.6 is 0 Å². The number of fused-ring (bicyclic) bond motifs is 1. The van der Waals surface area contributed by atoms with E-state index in [0.29, 0.717) is 43.0 Å². The molecule has 0 aromatic carbocycles. The Morgan fingerprint density at radius 1 is 1.38 bits per heavy atom. The molecule has 2 atom stereocenters. The van der Waals surface area contributed by atoms with Gasteiger partial charge in [-0.3, -0.25) is 0 Å². The summed E-state index contributed by atoms with van der Waals surface area (Å²) in [5.74, 6) is 0.664. The molecule has 2 aliphatic rings. The van der Waals surface area contributed by atoms with Gasteiger partial charge in [0.15, 0.2) is 0 Å². The molecule has 0 radical (unpaired) electrons. The molecule has 1 aliphatic heterocycles. The first-order valence-electron chi connectivity index (χ1n) is 6.83. The average Bonchev–Trinajstić information content (AvgIpc) is 2.92. The van der Waals surface area contributed by atoms with Crippen molar-refractivity contribution in [1.82, 2.24) is 14.9 Å². The number of rotatable bonds is 4. The van der Waals surface area contributed by atoms with Crippen molar-refractivity contribution in [2.45, 2.75) is 13.0 Å². The largest absolute Gasteiger partial charge is 0.465 e. The van der Waals surface area contributed by atoms with Crippen molar-refractivity contribution in [2.75, 3.05) is 25.0 Å². The van der Waals surface area contributed by atoms with Crippen LogP contribution in [0.2, 0.25) is 0 Å². The Morgan fingerprint density at radius 2 is 2.00 bits per heavy atom. The highest BCUT2D eigenvalue weighted by Crippen LogP contribution is 2.46. The summed E-state index contributed by atoms with van der Waals surface area (Å²) >= 11 is 0. The molecule has 1 aromatic heterocycles. The Hall–Kier alpha value is -2.38. The third-order valence-electron chi connectivity index (χ3n) is 3.92. The van der Waals surface area contributed by atoms with Crippen molar-refractivity contribution >= 4 is 18.0 Å². The Bertz CT molecular complexity index is 550. The molecule has 2 fully saturated rings. The molecule has 1 saturated heterocycles. The van der Waals surface area contributed by atoms with Crippen LogP contribution in [-0.2, 0) is 4.74 Å². The second kappa shape index (κ2) is 5.19. The molecule has 8 heteroatoms. The summed E-state index contributed by atoms with van der Waals surface area (Å²) < 4.78 is 4.86. The summed E-state index contributed by atoms with van der Waals surface area (Å²) in [6.07, 6.45) is 1.99. The van der Waals surface area contributed by atoms with Crippen LogP contribution in [0.4, 0.5) is 10.7 Å². The Morgan fingerprint density at radius 3 is 2.52 bits per heavy atom. The summed E-state index contributed by atoms with van der Waals surface area (Å²) in [5, 5.41) is 12.1. The normalized spacial score (nSPS) is 26.1. The molecular formula is C13H16N4O4. The second-order valence-electron chi connectivity index (χ2n) is 5.20. The predicted octanol–water partition coefficient (Wildman–Crippen LogP) is 0.673. The van der Waals surface area contributed by atoms with Gasteiger partial charge in [-0.25, -0.2) is 19.6 Å². The minimum atomic E-state index is -0.865. The first-order valence-corrected chi connectivity index (χ1v) is 6.83. The molecule has 8 nitrogen and oxygen atoms in total. The van der Waals surface area contributed by atoms with Crippen molar-refractivity contribution in [3.8, 4) is 0 Å². The zero-order valence-corrected chi connectivity index (χ0v) is 11.5. The Kier molecular flexibility index (Phi) is 3.36. The van der Waals surface area contributed by atoms with Crippen molar-refractivity contribution in [2.24, 2.45) is 11.8 Å². The number of hydrogen-bond acceptors (Lipinski definition) is 6. The molecular weight excluding hydrogens is 276 g/mol. The summed E-state index contributed by atoms with van der Waals surface area (Å²) in [4.78, 5) is 31.9. The van der Waals surface area contributed by atoms with Crippen LogP contribution in [0, 0.1) is 11.8 Å². The lowest BCUT2D eigenvalue weighted by atomic mass is 10.3. The van der Waals surface area contributed by atoms with E-state index in [1.54, 1.807) is 6.92 Å². The van der Waals surface area contributed by atoms with Gasteiger partial charge in [0.2, 0.25) is 5.95 Å². The lowest BCUT2D eigenvalue weighted by molar-refractivity contribution is 0.0525. The minimum Gasteiger partial charge on any atom is -0.465 e. The number of piperidine rings is 1. The van der Waals surface area contributed by atoms with Gasteiger partial charge in [0.05, 0.1) is 12.2 Å². The van der Waals surface area contributed by atoms with E-state index < -0.39 is 12.1 Å². The molecule has 21 heavy (non-hydrogen) atoms. The van der Waals surface area contributed by atoms with E-state index in [1.165, 1.54) is 17.3 Å². The van der Waals surface area contributed by atoms with E-state index in [9.17, 15) is 9.59 Å². The molecule has 2 unspecified atom stereocenters. The first-order chi connectivity index (χ1) is 10.1. The zero-order chi connectivity index (χ0) is 15.0. The molecule has 1 aliphatic carbocycles. The van der Waals surface area contributed by atoms with E-state index in [1.807, 2.05) is 0 Å². The highest BCUT2D eigenvalue weighted by atomic mass is 16.5. The van der Waals surface area contributed by atoms with E-state index in [0.717, 1.165) is 0 Å². The molecule has 2 heterocycles. The molecule has 0 bridgehead atoms. The fourth-order valence-electron chi connectivity index (χ4n) is 2.77. The lowest BCUT2D eigenvalue weighted by Gasteiger charge is -2.16. The van der Waals surface area contributed by atoms with E-state index in [4.69, 9.17) is 9.84 Å². The van der Waals surface area contributed by atoms with Gasteiger partial charge in [-0.2, -0.15) is 0 Å². The molecule has 112 valence electrons. The smallest absolute Gasteiger partial charge is 0.407 e. The number of esters is 1. The number of hydrogen-bond donors (Lipinski definition) is 2. The van der Waals surface area contributed by atoms with Crippen molar-refractivity contribution in [1.29, 1.82) is 0 Å². The van der Waals surface area contributed by atoms with Crippen LogP contribution in [0.25, 0.3) is 0 Å². The number of carbonyl (C=O) groups is 2. The Balaban J connectivity index is 1.54. The molecule has 0 spiro atoms. The van der Waals surface area contributed by atoms with Gasteiger partial charge >= 0.3 is 12.1 Å². The summed E-state index contributed by atoms with van der Waals surface area (Å²) in [7, 11) is 0. The van der Waals surface area contributed by atoms with Crippen LogP contribution in [0.5, 0.6) is 0 Å². The number of amides is 1. The SMILES string of the molecule is CCOC(=O)c1cnc(NC2C3CN(C(=O)O)CC32)nc1. The highest BCUT2D eigenvalue weighted by Gasteiger charge is 2.57. The topological polar surface area (TPSA) is 105 Å². The van der Waals surface area contributed by atoms with E-state index in [2.05, 4.69) is 15.3 Å². The molecule has 1 amide bonds. The standard InChI is InChI=1S/C13H16N4O4/c1-2-21-11(18)7-3-14-12(15-4-7)16-10-8-5-17(13(19)20)6-9(8)10/h3-4,8-10H,2,5-6H2,1H3,(H,19,20)(H,14,15,16). The third kappa shape index (κ3) is 2.61. The molecule has 1 aromatic rings. The maximum absolute atomic E-state index is 11.5. The quantitative estimate of drug-likeness (QED) is 0.786. The number of aromatic nitrogens is 2. The average molecular weight is 292 g/mol. The summed E-state index contributed by atoms with van der Waals surface area (Å²) in [5.41, 5.74) is 0.315. The minimum absolute atomic E-state index is 0.217. The van der Waals surface area contributed by atoms with Gasteiger partial charge in [0, 0.05) is 43.4 Å². The zero-order valence-electron chi connectivity index (χ0n) is 11.5. The maximum atomic E-state index is 11.5. The van der Waals surface area contributed by atoms with E-state index in [-0.39, 0.29) is 6.04 Å². The molecule has 1 saturated carbocycles. The summed E-state index contributed by atoms with van der Waals surface area (Å²) in [6.45, 7) is 3.16. The van der Waals surface area contributed by atoms with Crippen LogP contribution in [0.3, 0.4) is 0 Å². The Labute approximate surface area is 121 Å². The van der Waals surface area contributed by atoms with Gasteiger partial charge in [0.1, 0.15) is 0 Å². The van der Waals surface area contributed by atoms with Crippen LogP contribution < -0.4 is 5.32 Å². The van der Waals surface area contributed by atoms with Gasteiger partial charge in [0.25, 0.3) is 0 Å². The fourth-order valence-corrected chi connectivity index (χ4v) is 2.77. The van der Waals surface area contributed by atoms with Gasteiger partial charge in [-0.15, -0.1) is 0 Å². The fraction of sp³-hybridized carbons (Fsp3) is 0.538. The number of nitrogens with one attached hydrogen (secondary N) is 1. The monoisotopic (exact) mass is 292 g/mol. The predicted molar refractivity (Wildman–Crippen MR) is 72.0 cm³/mol. The van der Waals surface area contributed by atoms with E-state index >= 15 is 0 Å². The molecule has 2 N–H and O–H groups in total. The number of carboxylic acid groups (broad SMARTS) is 1. The number of nitrogens with zero attached hydrogens (tertiary/aromatic N) is 3. The summed E-state index contributed by atoms with van der Waals surface area (Å²) in [6, 6.07) is 0.217. The number of ether oxygens (including phenoxy) is 1. The number of carbonyl (C=O) groups excluding carboxylic acids is 1. The maximum Gasteiger partial charge on any atom is 0.407 e. The van der Waals surface area contributed by atoms with Gasteiger partial charge in [-0.1, -0.05) is 0 Å². The van der Waals surface area contributed by atoms with Gasteiger partial charge in [-0.05, 0) is 6.92 Å². The van der Waals surface area contributed by atoms with Crippen molar-refractivity contribution in [3.05, 3.63) is 18.0 Å². The number of anilines is 1. The first kappa shape index (κ1) is 13.6. The van der Waals surface area contributed by atoms with Crippen LogP contribution in [0.1, 0.15) is 17.3 Å². The van der Waals surface area contributed by atoms with Crippen LogP contribution in [0.15, 0.2) is 12.4 Å². The van der Waals surface area contributed by atoms with Gasteiger partial charge < -0.3 is 20.1 Å². The number of likely N-dealkylation sites (tertiary alicyclic amines) is 1. The van der Waals surface area contributed by atoms with Crippen molar-refractivity contribution < 1.29 is 19.4 Å². The lowest BCUT2D eigenvalue weighted by Crippen LogP contribution is -2.32. The third-order valence-corrected chi connectivity index (χ3v) is 3.92. The van der Waals surface area contributed by atoms with Crippen LogP contribution in [-0.4, -0.2) is 57.8 Å².